The largest absolute Gasteiger partial charge is 0.390 e. The molecule has 9 nitrogen and oxygen atoms in total. The van der Waals surface area contributed by atoms with Crippen LogP contribution in [0.1, 0.15) is 6.42 Å². The minimum atomic E-state index is -4.29. The maximum Gasteiger partial charge on any atom is 0.325 e. The molecule has 0 fully saturated rings. The van der Waals surface area contributed by atoms with Gasteiger partial charge in [0.2, 0.25) is 6.41 Å². The van der Waals surface area contributed by atoms with Crippen molar-refractivity contribution in [3.8, 4) is 0 Å². The van der Waals surface area contributed by atoms with Gasteiger partial charge in [-0.25, -0.2) is 5.06 Å². The predicted molar refractivity (Wildman–Crippen MR) is 54.1 cm³/mol. The first-order valence-electron chi connectivity index (χ1n) is 4.67. The number of rotatable bonds is 8. The summed E-state index contributed by atoms with van der Waals surface area (Å²) in [6, 6.07) is 0. The molecular weight excluding hydrogens is 257 g/mol. The van der Waals surface area contributed by atoms with E-state index in [0.29, 0.717) is 0 Å². The van der Waals surface area contributed by atoms with Crippen LogP contribution in [0.3, 0.4) is 0 Å². The molecule has 0 aliphatic carbocycles. The smallest absolute Gasteiger partial charge is 0.325 e. The number of carbonyl (C=O) groups excluding carboxylic acids is 1. The second kappa shape index (κ2) is 7.02. The van der Waals surface area contributed by atoms with E-state index in [0.717, 1.165) is 0 Å². The number of aliphatic hydroxyl groups is 3. The number of aliphatic hydroxyl groups excluding tert-OH is 3. The molecule has 0 spiro atoms. The van der Waals surface area contributed by atoms with Gasteiger partial charge in [-0.1, -0.05) is 0 Å². The van der Waals surface area contributed by atoms with Crippen molar-refractivity contribution in [1.29, 1.82) is 0 Å². The fraction of sp³-hybridized carbons (Fsp3) is 0.857. The molecule has 0 radical (unpaired) electrons. The van der Waals surface area contributed by atoms with E-state index >= 15 is 0 Å². The zero-order chi connectivity index (χ0) is 13.6. The quantitative estimate of drug-likeness (QED) is 0.122. The van der Waals surface area contributed by atoms with E-state index in [1.165, 1.54) is 0 Å². The molecule has 0 aromatic carbocycles. The molecule has 0 aromatic rings. The summed E-state index contributed by atoms with van der Waals surface area (Å²) in [7, 11) is -4.29. The lowest BCUT2D eigenvalue weighted by Gasteiger charge is -2.24. The van der Waals surface area contributed by atoms with Crippen LogP contribution in [0.5, 0.6) is 0 Å². The normalized spacial score (nSPS) is 17.3. The fourth-order valence-electron chi connectivity index (χ4n) is 1.07. The van der Waals surface area contributed by atoms with Crippen molar-refractivity contribution < 1.29 is 39.7 Å². The minimum Gasteiger partial charge on any atom is -0.390 e. The third-order valence-corrected chi connectivity index (χ3v) is 2.84. The standard InChI is InChI=1S/C7H16NO8P/c9-4-8(13)3-6(11)7(12)5(10)1-2-17(14,15)16/h4-7,10-13H,1-3H2,(H2,14,15,16)/t5-,6-,7-/m1/s1. The highest BCUT2D eigenvalue weighted by molar-refractivity contribution is 7.51. The highest BCUT2D eigenvalue weighted by Gasteiger charge is 2.27. The molecule has 0 aliphatic rings. The highest BCUT2D eigenvalue weighted by Crippen LogP contribution is 2.35. The van der Waals surface area contributed by atoms with Gasteiger partial charge < -0.3 is 25.1 Å². The Balaban J connectivity index is 4.15. The molecule has 102 valence electrons. The van der Waals surface area contributed by atoms with E-state index in [9.17, 15) is 24.7 Å². The molecule has 0 saturated heterocycles. The molecular formula is C7H16NO8P. The van der Waals surface area contributed by atoms with Crippen molar-refractivity contribution in [1.82, 2.24) is 5.06 Å². The van der Waals surface area contributed by atoms with Crippen molar-refractivity contribution in [2.45, 2.75) is 24.7 Å². The number of hydroxylamine groups is 2. The molecule has 10 heteroatoms. The van der Waals surface area contributed by atoms with Gasteiger partial charge in [0.05, 0.1) is 18.8 Å². The first-order valence-corrected chi connectivity index (χ1v) is 6.46. The Morgan fingerprint density at radius 1 is 1.18 bits per heavy atom. The van der Waals surface area contributed by atoms with Crippen LogP contribution in [-0.4, -0.2) is 72.8 Å². The molecule has 3 atom stereocenters. The molecule has 0 bridgehead atoms. The maximum absolute atomic E-state index is 10.5. The molecule has 0 saturated carbocycles. The topological polar surface area (TPSA) is 159 Å². The zero-order valence-electron chi connectivity index (χ0n) is 8.82. The Labute approximate surface area is 97.0 Å². The minimum absolute atomic E-state index is 0.00202. The lowest BCUT2D eigenvalue weighted by Crippen LogP contribution is -2.43. The van der Waals surface area contributed by atoms with Crippen LogP contribution in [-0.2, 0) is 9.36 Å². The number of hydrogen-bond acceptors (Lipinski definition) is 6. The van der Waals surface area contributed by atoms with Crippen molar-refractivity contribution >= 4 is 14.0 Å². The number of hydrogen-bond donors (Lipinski definition) is 6. The summed E-state index contributed by atoms with van der Waals surface area (Å²) < 4.78 is 10.5. The van der Waals surface area contributed by atoms with Gasteiger partial charge in [-0.2, -0.15) is 0 Å². The number of amides is 1. The van der Waals surface area contributed by atoms with Gasteiger partial charge in [-0.05, 0) is 6.42 Å². The molecule has 0 aromatic heterocycles. The molecule has 0 unspecified atom stereocenters. The van der Waals surface area contributed by atoms with Crippen LogP contribution in [0.2, 0.25) is 0 Å². The predicted octanol–water partition coefficient (Wildman–Crippen LogP) is -2.52. The van der Waals surface area contributed by atoms with E-state index in [4.69, 9.17) is 15.0 Å². The van der Waals surface area contributed by atoms with Crippen LogP contribution in [0.4, 0.5) is 0 Å². The number of carbonyl (C=O) groups is 1. The van der Waals surface area contributed by atoms with E-state index in [1.54, 1.807) is 0 Å². The Kier molecular flexibility index (Phi) is 6.80. The summed E-state index contributed by atoms with van der Waals surface area (Å²) in [6.07, 6.45) is -5.99. The first-order chi connectivity index (χ1) is 7.67. The van der Waals surface area contributed by atoms with Crippen molar-refractivity contribution in [2.24, 2.45) is 0 Å². The van der Waals surface area contributed by atoms with Crippen LogP contribution in [0, 0.1) is 0 Å². The Bertz CT molecular complexity index is 281. The van der Waals surface area contributed by atoms with Gasteiger partial charge in [-0.3, -0.25) is 14.6 Å². The summed E-state index contributed by atoms with van der Waals surface area (Å²) in [5, 5.41) is 36.6. The Morgan fingerprint density at radius 2 is 1.71 bits per heavy atom. The van der Waals surface area contributed by atoms with Gasteiger partial charge in [0.25, 0.3) is 0 Å². The van der Waals surface area contributed by atoms with Crippen LogP contribution in [0.25, 0.3) is 0 Å². The third kappa shape index (κ3) is 7.40. The van der Waals surface area contributed by atoms with E-state index in [2.05, 4.69) is 0 Å². The lowest BCUT2D eigenvalue weighted by atomic mass is 10.1. The van der Waals surface area contributed by atoms with Gasteiger partial charge in [0.1, 0.15) is 12.2 Å². The Morgan fingerprint density at radius 3 is 2.12 bits per heavy atom. The van der Waals surface area contributed by atoms with Gasteiger partial charge >= 0.3 is 7.60 Å². The lowest BCUT2D eigenvalue weighted by molar-refractivity contribution is -0.163. The zero-order valence-corrected chi connectivity index (χ0v) is 9.72. The molecule has 17 heavy (non-hydrogen) atoms. The van der Waals surface area contributed by atoms with E-state index in [-0.39, 0.29) is 11.5 Å². The Hall–Kier alpha value is -0.540. The highest BCUT2D eigenvalue weighted by atomic mass is 31.2. The average molecular weight is 273 g/mol. The van der Waals surface area contributed by atoms with Crippen LogP contribution < -0.4 is 0 Å². The van der Waals surface area contributed by atoms with Crippen molar-refractivity contribution in [3.05, 3.63) is 0 Å². The summed E-state index contributed by atoms with van der Waals surface area (Å²) in [5.74, 6) is 0. The monoisotopic (exact) mass is 273 g/mol. The third-order valence-electron chi connectivity index (χ3n) is 2.00. The molecule has 0 heterocycles. The van der Waals surface area contributed by atoms with Crippen LogP contribution in [0.15, 0.2) is 0 Å². The fourth-order valence-corrected chi connectivity index (χ4v) is 1.67. The van der Waals surface area contributed by atoms with E-state index in [1.807, 2.05) is 0 Å². The number of nitrogens with zero attached hydrogens (tertiary/aromatic N) is 1. The molecule has 1 amide bonds. The van der Waals surface area contributed by atoms with Crippen LogP contribution >= 0.6 is 7.60 Å². The van der Waals surface area contributed by atoms with Gasteiger partial charge in [0, 0.05) is 0 Å². The van der Waals surface area contributed by atoms with E-state index < -0.39 is 45.0 Å². The summed E-state index contributed by atoms with van der Waals surface area (Å²) in [5.41, 5.74) is 0. The van der Waals surface area contributed by atoms with Crippen molar-refractivity contribution in [2.75, 3.05) is 12.7 Å². The van der Waals surface area contributed by atoms with Crippen molar-refractivity contribution in [3.63, 3.8) is 0 Å². The molecule has 6 N–H and O–H groups in total. The summed E-state index contributed by atoms with van der Waals surface area (Å²) in [6.45, 7) is -0.627. The molecule has 0 aliphatic heterocycles. The second-order valence-corrected chi connectivity index (χ2v) is 5.31. The SMILES string of the molecule is O=CN(O)C[C@@H](O)[C@H](O)[C@H](O)CCP(=O)(O)O. The second-order valence-electron chi connectivity index (χ2n) is 3.53. The first kappa shape index (κ1) is 16.5. The van der Waals surface area contributed by atoms with Gasteiger partial charge in [0.15, 0.2) is 0 Å². The summed E-state index contributed by atoms with van der Waals surface area (Å²) in [4.78, 5) is 27.1. The van der Waals surface area contributed by atoms with Gasteiger partial charge in [-0.15, -0.1) is 0 Å². The molecule has 0 rings (SSSR count). The average Bonchev–Trinajstić information content (AvgIpc) is 2.23. The maximum atomic E-state index is 10.5. The summed E-state index contributed by atoms with van der Waals surface area (Å²) >= 11 is 0.